The van der Waals surface area contributed by atoms with Crippen molar-refractivity contribution in [1.29, 1.82) is 0 Å². The maximum Gasteiger partial charge on any atom is 0.410 e. The summed E-state index contributed by atoms with van der Waals surface area (Å²) in [7, 11) is 1.55. The van der Waals surface area contributed by atoms with E-state index in [0.29, 0.717) is 5.75 Å². The highest BCUT2D eigenvalue weighted by Crippen LogP contribution is 2.44. The average Bonchev–Trinajstić information content (AvgIpc) is 2.49. The standard InChI is InChI=1S/C19H27F2NO3/c1-17(2,3)25-16(23)22-12-6-11-19(20,21)18(22,4)13-14-7-9-15(24-5)10-8-14/h7-10H,6,11-13H2,1-5H3. The van der Waals surface area contributed by atoms with Gasteiger partial charge in [0.2, 0.25) is 0 Å². The molecule has 0 spiro atoms. The van der Waals surface area contributed by atoms with Gasteiger partial charge in [0.15, 0.2) is 0 Å². The van der Waals surface area contributed by atoms with E-state index in [9.17, 15) is 13.6 Å². The molecule has 0 radical (unpaired) electrons. The molecule has 0 saturated carbocycles. The number of amides is 1. The highest BCUT2D eigenvalue weighted by atomic mass is 19.3. The van der Waals surface area contributed by atoms with Crippen LogP contribution in [0.1, 0.15) is 46.1 Å². The van der Waals surface area contributed by atoms with E-state index in [2.05, 4.69) is 0 Å². The quantitative estimate of drug-likeness (QED) is 0.791. The zero-order valence-corrected chi connectivity index (χ0v) is 15.6. The fraction of sp³-hybridized carbons (Fsp3) is 0.632. The van der Waals surface area contributed by atoms with Gasteiger partial charge < -0.3 is 9.47 Å². The molecule has 25 heavy (non-hydrogen) atoms. The molecule has 0 N–H and O–H groups in total. The summed E-state index contributed by atoms with van der Waals surface area (Å²) in [5.41, 5.74) is -1.65. The molecule has 1 unspecified atom stereocenters. The second-order valence-electron chi connectivity index (χ2n) is 7.74. The third-order valence-corrected chi connectivity index (χ3v) is 4.58. The van der Waals surface area contributed by atoms with Crippen LogP contribution in [-0.4, -0.2) is 41.7 Å². The van der Waals surface area contributed by atoms with Crippen LogP contribution in [0.25, 0.3) is 0 Å². The summed E-state index contributed by atoms with van der Waals surface area (Å²) in [6.07, 6.45) is -0.630. The lowest BCUT2D eigenvalue weighted by Crippen LogP contribution is -2.65. The summed E-state index contributed by atoms with van der Waals surface area (Å²) in [5, 5.41) is 0. The van der Waals surface area contributed by atoms with Crippen molar-refractivity contribution in [1.82, 2.24) is 4.90 Å². The number of piperidine rings is 1. The summed E-state index contributed by atoms with van der Waals surface area (Å²) in [5.74, 6) is -2.34. The first kappa shape index (κ1) is 19.5. The van der Waals surface area contributed by atoms with Crippen LogP contribution >= 0.6 is 0 Å². The Kier molecular flexibility index (Phi) is 5.30. The van der Waals surface area contributed by atoms with Crippen LogP contribution in [0.5, 0.6) is 5.75 Å². The topological polar surface area (TPSA) is 38.8 Å². The van der Waals surface area contributed by atoms with E-state index in [1.54, 1.807) is 52.1 Å². The summed E-state index contributed by atoms with van der Waals surface area (Å²) in [4.78, 5) is 13.8. The van der Waals surface area contributed by atoms with Gasteiger partial charge in [-0.05, 0) is 51.8 Å². The van der Waals surface area contributed by atoms with Gasteiger partial charge in [0.25, 0.3) is 5.92 Å². The molecule has 1 aromatic rings. The number of methoxy groups -OCH3 is 1. The van der Waals surface area contributed by atoms with E-state index in [1.165, 1.54) is 11.8 Å². The fourth-order valence-electron chi connectivity index (χ4n) is 3.15. The molecule has 0 bridgehead atoms. The van der Waals surface area contributed by atoms with Crippen molar-refractivity contribution in [2.75, 3.05) is 13.7 Å². The number of hydrogen-bond donors (Lipinski definition) is 0. The lowest BCUT2D eigenvalue weighted by molar-refractivity contribution is -0.160. The first-order chi connectivity index (χ1) is 11.5. The summed E-state index contributed by atoms with van der Waals surface area (Å²) >= 11 is 0. The van der Waals surface area contributed by atoms with Gasteiger partial charge in [0.1, 0.15) is 16.9 Å². The molecule has 0 aliphatic carbocycles. The highest BCUT2D eigenvalue weighted by molar-refractivity contribution is 5.69. The predicted octanol–water partition coefficient (Wildman–Crippen LogP) is 4.66. The van der Waals surface area contributed by atoms with Crippen LogP contribution in [-0.2, 0) is 11.2 Å². The largest absolute Gasteiger partial charge is 0.497 e. The number of ether oxygens (including phenoxy) is 2. The Labute approximate surface area is 148 Å². The predicted molar refractivity (Wildman–Crippen MR) is 92.2 cm³/mol. The lowest BCUT2D eigenvalue weighted by Gasteiger charge is -2.49. The van der Waals surface area contributed by atoms with Gasteiger partial charge in [0, 0.05) is 19.4 Å². The van der Waals surface area contributed by atoms with Crippen LogP contribution < -0.4 is 4.74 Å². The van der Waals surface area contributed by atoms with E-state index < -0.39 is 23.2 Å². The average molecular weight is 355 g/mol. The smallest absolute Gasteiger partial charge is 0.410 e. The summed E-state index contributed by atoms with van der Waals surface area (Å²) in [6.45, 7) is 6.90. The number of hydrogen-bond acceptors (Lipinski definition) is 3. The van der Waals surface area contributed by atoms with Gasteiger partial charge in [0.05, 0.1) is 7.11 Å². The van der Waals surface area contributed by atoms with Gasteiger partial charge >= 0.3 is 6.09 Å². The first-order valence-corrected chi connectivity index (χ1v) is 8.50. The molecule has 1 amide bonds. The fourth-order valence-corrected chi connectivity index (χ4v) is 3.15. The second kappa shape index (κ2) is 6.81. The van der Waals surface area contributed by atoms with Crippen LogP contribution in [0.2, 0.25) is 0 Å². The second-order valence-corrected chi connectivity index (χ2v) is 7.74. The van der Waals surface area contributed by atoms with Crippen molar-refractivity contribution < 1.29 is 23.0 Å². The number of rotatable bonds is 3. The molecule has 1 aliphatic heterocycles. The van der Waals surface area contributed by atoms with E-state index in [4.69, 9.17) is 9.47 Å². The molecule has 1 aromatic carbocycles. The van der Waals surface area contributed by atoms with Crippen LogP contribution in [0.3, 0.4) is 0 Å². The van der Waals surface area contributed by atoms with Crippen molar-refractivity contribution in [3.8, 4) is 5.75 Å². The molecule has 1 aliphatic rings. The number of alkyl halides is 2. The number of nitrogens with zero attached hydrogens (tertiary/aromatic N) is 1. The minimum absolute atomic E-state index is 0.0449. The number of carbonyl (C=O) groups is 1. The maximum absolute atomic E-state index is 14.9. The van der Waals surface area contributed by atoms with E-state index in [0.717, 1.165) is 5.56 Å². The zero-order valence-electron chi connectivity index (χ0n) is 15.6. The Morgan fingerprint density at radius 3 is 2.36 bits per heavy atom. The van der Waals surface area contributed by atoms with Crippen molar-refractivity contribution in [3.05, 3.63) is 29.8 Å². The van der Waals surface area contributed by atoms with Gasteiger partial charge in [-0.15, -0.1) is 0 Å². The minimum Gasteiger partial charge on any atom is -0.497 e. The Morgan fingerprint density at radius 2 is 1.84 bits per heavy atom. The molecule has 0 aromatic heterocycles. The van der Waals surface area contributed by atoms with Gasteiger partial charge in [-0.3, -0.25) is 4.90 Å². The third-order valence-electron chi connectivity index (χ3n) is 4.58. The molecule has 6 heteroatoms. The monoisotopic (exact) mass is 355 g/mol. The van der Waals surface area contributed by atoms with Crippen molar-refractivity contribution in [2.24, 2.45) is 0 Å². The number of carbonyl (C=O) groups excluding carboxylic acids is 1. The number of halogens is 2. The summed E-state index contributed by atoms with van der Waals surface area (Å²) < 4.78 is 40.2. The van der Waals surface area contributed by atoms with Crippen molar-refractivity contribution in [3.63, 3.8) is 0 Å². The highest BCUT2D eigenvalue weighted by Gasteiger charge is 2.57. The van der Waals surface area contributed by atoms with E-state index in [-0.39, 0.29) is 25.8 Å². The third kappa shape index (κ3) is 4.22. The number of likely N-dealkylation sites (tertiary alicyclic amines) is 1. The normalized spacial score (nSPS) is 23.2. The molecular formula is C19H27F2NO3. The number of benzene rings is 1. The minimum atomic E-state index is -3.00. The van der Waals surface area contributed by atoms with Crippen molar-refractivity contribution in [2.45, 2.75) is 64.0 Å². The van der Waals surface area contributed by atoms with E-state index in [1.807, 2.05) is 0 Å². The molecule has 1 fully saturated rings. The van der Waals surface area contributed by atoms with Crippen LogP contribution in [0.15, 0.2) is 24.3 Å². The molecule has 1 atom stereocenters. The van der Waals surface area contributed by atoms with E-state index >= 15 is 0 Å². The van der Waals surface area contributed by atoms with Crippen LogP contribution in [0, 0.1) is 0 Å². The molecule has 2 rings (SSSR count). The summed E-state index contributed by atoms with van der Waals surface area (Å²) in [6, 6.07) is 6.97. The Morgan fingerprint density at radius 1 is 1.24 bits per heavy atom. The molecule has 4 nitrogen and oxygen atoms in total. The first-order valence-electron chi connectivity index (χ1n) is 8.50. The molecular weight excluding hydrogens is 328 g/mol. The molecule has 1 heterocycles. The van der Waals surface area contributed by atoms with Gasteiger partial charge in [-0.1, -0.05) is 12.1 Å². The SMILES string of the molecule is COc1ccc(CC2(C)N(C(=O)OC(C)(C)C)CCCC2(F)F)cc1. The molecule has 140 valence electrons. The Bertz CT molecular complexity index is 610. The Hall–Kier alpha value is -1.85. The Balaban J connectivity index is 2.32. The zero-order chi connectivity index (χ0) is 18.9. The van der Waals surface area contributed by atoms with Crippen molar-refractivity contribution >= 4 is 6.09 Å². The van der Waals surface area contributed by atoms with Gasteiger partial charge in [-0.2, -0.15) is 0 Å². The lowest BCUT2D eigenvalue weighted by atomic mass is 9.79. The van der Waals surface area contributed by atoms with Gasteiger partial charge in [-0.25, -0.2) is 13.6 Å². The molecule has 1 saturated heterocycles. The van der Waals surface area contributed by atoms with Crippen LogP contribution in [0.4, 0.5) is 13.6 Å². The maximum atomic E-state index is 14.9.